The SMILES string of the molecule is CCCNC(=O)[C@@H](CC)N(Cc1cccc(C)c1)C(=O)CN(c1ccc(C)c(C)c1)S(C)(=O)=O. The number of hydrogen-bond acceptors (Lipinski definition) is 4. The molecule has 0 spiro atoms. The van der Waals surface area contributed by atoms with Crippen LogP contribution in [-0.2, 0) is 26.2 Å². The maximum atomic E-state index is 13.6. The Bertz CT molecular complexity index is 1110. The Morgan fingerprint density at radius 2 is 1.71 bits per heavy atom. The minimum atomic E-state index is -3.74. The van der Waals surface area contributed by atoms with Gasteiger partial charge in [-0.25, -0.2) is 8.42 Å². The second-order valence-corrected chi connectivity index (χ2v) is 10.7. The van der Waals surface area contributed by atoms with Crippen LogP contribution in [0.2, 0.25) is 0 Å². The number of hydrogen-bond donors (Lipinski definition) is 1. The van der Waals surface area contributed by atoms with E-state index in [-0.39, 0.29) is 19.0 Å². The molecule has 0 bridgehead atoms. The van der Waals surface area contributed by atoms with E-state index >= 15 is 0 Å². The van der Waals surface area contributed by atoms with Crippen molar-refractivity contribution in [1.82, 2.24) is 10.2 Å². The molecule has 0 fully saturated rings. The van der Waals surface area contributed by atoms with Crippen LogP contribution in [-0.4, -0.2) is 50.5 Å². The quantitative estimate of drug-likeness (QED) is 0.523. The molecule has 0 aromatic heterocycles. The van der Waals surface area contributed by atoms with Gasteiger partial charge in [0.1, 0.15) is 12.6 Å². The highest BCUT2D eigenvalue weighted by Crippen LogP contribution is 2.22. The molecule has 1 N–H and O–H groups in total. The predicted octanol–water partition coefficient (Wildman–Crippen LogP) is 3.71. The molecule has 0 aliphatic heterocycles. The number of carbonyl (C=O) groups excluding carboxylic acids is 2. The summed E-state index contributed by atoms with van der Waals surface area (Å²) in [7, 11) is -3.74. The van der Waals surface area contributed by atoms with E-state index in [1.807, 2.05) is 65.0 Å². The molecule has 0 radical (unpaired) electrons. The zero-order valence-electron chi connectivity index (χ0n) is 21.1. The average Bonchev–Trinajstić information content (AvgIpc) is 2.77. The van der Waals surface area contributed by atoms with Crippen LogP contribution >= 0.6 is 0 Å². The number of anilines is 1. The van der Waals surface area contributed by atoms with Gasteiger partial charge in [-0.3, -0.25) is 13.9 Å². The lowest BCUT2D eigenvalue weighted by molar-refractivity contribution is -0.140. The normalized spacial score (nSPS) is 12.2. The van der Waals surface area contributed by atoms with E-state index in [0.29, 0.717) is 18.7 Å². The van der Waals surface area contributed by atoms with Gasteiger partial charge < -0.3 is 10.2 Å². The maximum Gasteiger partial charge on any atom is 0.244 e. The van der Waals surface area contributed by atoms with Crippen LogP contribution in [0.5, 0.6) is 0 Å². The first-order valence-electron chi connectivity index (χ1n) is 11.7. The summed E-state index contributed by atoms with van der Waals surface area (Å²) >= 11 is 0. The third kappa shape index (κ3) is 7.32. The first kappa shape index (κ1) is 27.4. The monoisotopic (exact) mass is 487 g/mol. The molecule has 2 rings (SSSR count). The van der Waals surface area contributed by atoms with Crippen molar-refractivity contribution < 1.29 is 18.0 Å². The van der Waals surface area contributed by atoms with Crippen LogP contribution in [0.15, 0.2) is 42.5 Å². The summed E-state index contributed by atoms with van der Waals surface area (Å²) < 4.78 is 26.5. The first-order valence-corrected chi connectivity index (χ1v) is 13.5. The fraction of sp³-hybridized carbons (Fsp3) is 0.462. The van der Waals surface area contributed by atoms with Crippen molar-refractivity contribution >= 4 is 27.5 Å². The van der Waals surface area contributed by atoms with Crippen LogP contribution in [0, 0.1) is 20.8 Å². The van der Waals surface area contributed by atoms with Gasteiger partial charge in [0.05, 0.1) is 11.9 Å². The Hall–Kier alpha value is -2.87. The van der Waals surface area contributed by atoms with Crippen molar-refractivity contribution in [3.8, 4) is 0 Å². The van der Waals surface area contributed by atoms with Gasteiger partial charge in [-0.05, 0) is 62.4 Å². The van der Waals surface area contributed by atoms with Crippen molar-refractivity contribution in [1.29, 1.82) is 0 Å². The maximum absolute atomic E-state index is 13.6. The molecule has 2 aromatic rings. The average molecular weight is 488 g/mol. The largest absolute Gasteiger partial charge is 0.354 e. The Morgan fingerprint density at radius 1 is 1.00 bits per heavy atom. The Balaban J connectivity index is 2.44. The highest BCUT2D eigenvalue weighted by Gasteiger charge is 2.31. The van der Waals surface area contributed by atoms with Crippen LogP contribution in [0.4, 0.5) is 5.69 Å². The van der Waals surface area contributed by atoms with Crippen molar-refractivity contribution in [2.24, 2.45) is 0 Å². The number of sulfonamides is 1. The number of carbonyl (C=O) groups is 2. The van der Waals surface area contributed by atoms with E-state index in [2.05, 4.69) is 5.32 Å². The van der Waals surface area contributed by atoms with Crippen molar-refractivity contribution in [2.75, 3.05) is 23.7 Å². The second-order valence-electron chi connectivity index (χ2n) is 8.76. The van der Waals surface area contributed by atoms with E-state index in [1.165, 1.54) is 4.90 Å². The standard InChI is InChI=1S/C26H37N3O4S/c1-7-14-27-26(31)24(8-2)28(17-22-11-9-10-19(3)15-22)25(30)18-29(34(6,32)33)23-13-12-20(4)21(5)16-23/h9-13,15-16,24H,7-8,14,17-18H2,1-6H3,(H,27,31)/t24-/m1/s1. The number of benzene rings is 2. The van der Waals surface area contributed by atoms with Gasteiger partial charge in [-0.2, -0.15) is 0 Å². The molecule has 0 aliphatic carbocycles. The number of rotatable bonds is 11. The van der Waals surface area contributed by atoms with Gasteiger partial charge in [0, 0.05) is 13.1 Å². The number of nitrogens with one attached hydrogen (secondary N) is 1. The van der Waals surface area contributed by atoms with Crippen molar-refractivity contribution in [3.63, 3.8) is 0 Å². The van der Waals surface area contributed by atoms with Crippen LogP contribution in [0.25, 0.3) is 0 Å². The van der Waals surface area contributed by atoms with E-state index in [4.69, 9.17) is 0 Å². The zero-order valence-corrected chi connectivity index (χ0v) is 21.9. The molecule has 0 unspecified atom stereocenters. The molecule has 186 valence electrons. The number of nitrogens with zero attached hydrogens (tertiary/aromatic N) is 2. The first-order chi connectivity index (χ1) is 16.0. The fourth-order valence-electron chi connectivity index (χ4n) is 3.79. The molecule has 0 aliphatic rings. The highest BCUT2D eigenvalue weighted by atomic mass is 32.2. The summed E-state index contributed by atoms with van der Waals surface area (Å²) in [5.74, 6) is -0.661. The smallest absolute Gasteiger partial charge is 0.244 e. The lowest BCUT2D eigenvalue weighted by Crippen LogP contribution is -2.52. The number of aryl methyl sites for hydroxylation is 3. The molecular formula is C26H37N3O4S. The molecule has 0 heterocycles. The minimum absolute atomic E-state index is 0.211. The second kappa shape index (κ2) is 12.0. The Labute approximate surface area is 204 Å². The molecule has 2 amide bonds. The minimum Gasteiger partial charge on any atom is -0.354 e. The molecule has 34 heavy (non-hydrogen) atoms. The summed E-state index contributed by atoms with van der Waals surface area (Å²) in [4.78, 5) is 28.1. The number of amides is 2. The summed E-state index contributed by atoms with van der Waals surface area (Å²) in [5.41, 5.74) is 4.32. The highest BCUT2D eigenvalue weighted by molar-refractivity contribution is 7.92. The molecule has 0 saturated heterocycles. The Kier molecular flexibility index (Phi) is 9.67. The molecule has 1 atom stereocenters. The fourth-order valence-corrected chi connectivity index (χ4v) is 4.63. The Morgan fingerprint density at radius 3 is 2.26 bits per heavy atom. The summed E-state index contributed by atoms with van der Waals surface area (Å²) in [6.07, 6.45) is 2.28. The zero-order chi connectivity index (χ0) is 25.5. The van der Waals surface area contributed by atoms with E-state index in [0.717, 1.165) is 39.2 Å². The molecular weight excluding hydrogens is 450 g/mol. The topological polar surface area (TPSA) is 86.8 Å². The lowest BCUT2D eigenvalue weighted by atomic mass is 10.1. The summed E-state index contributed by atoms with van der Waals surface area (Å²) in [5, 5.41) is 2.88. The van der Waals surface area contributed by atoms with Crippen molar-refractivity contribution in [3.05, 3.63) is 64.7 Å². The summed E-state index contributed by atoms with van der Waals surface area (Å²) in [6, 6.07) is 12.3. The van der Waals surface area contributed by atoms with E-state index in [1.54, 1.807) is 12.1 Å². The van der Waals surface area contributed by atoms with Crippen LogP contribution in [0.1, 0.15) is 48.9 Å². The molecule has 2 aromatic carbocycles. The van der Waals surface area contributed by atoms with Crippen molar-refractivity contribution in [2.45, 2.75) is 60.0 Å². The third-order valence-corrected chi connectivity index (χ3v) is 6.97. The van der Waals surface area contributed by atoms with Gasteiger partial charge in [0.25, 0.3) is 0 Å². The lowest BCUT2D eigenvalue weighted by Gasteiger charge is -2.33. The van der Waals surface area contributed by atoms with Gasteiger partial charge in [0.15, 0.2) is 0 Å². The van der Waals surface area contributed by atoms with Crippen LogP contribution < -0.4 is 9.62 Å². The molecule has 0 saturated carbocycles. The van der Waals surface area contributed by atoms with Gasteiger partial charge >= 0.3 is 0 Å². The van der Waals surface area contributed by atoms with Gasteiger partial charge in [0.2, 0.25) is 21.8 Å². The van der Waals surface area contributed by atoms with Crippen LogP contribution in [0.3, 0.4) is 0 Å². The summed E-state index contributed by atoms with van der Waals surface area (Å²) in [6.45, 7) is 9.96. The van der Waals surface area contributed by atoms with Gasteiger partial charge in [-0.15, -0.1) is 0 Å². The molecule has 8 heteroatoms. The third-order valence-electron chi connectivity index (χ3n) is 5.83. The molecule has 7 nitrogen and oxygen atoms in total. The van der Waals surface area contributed by atoms with Gasteiger partial charge in [-0.1, -0.05) is 49.7 Å². The van der Waals surface area contributed by atoms with E-state index < -0.39 is 22.0 Å². The van der Waals surface area contributed by atoms with E-state index in [9.17, 15) is 18.0 Å². The predicted molar refractivity (Wildman–Crippen MR) is 137 cm³/mol.